The summed E-state index contributed by atoms with van der Waals surface area (Å²) in [6, 6.07) is 0.425. The molecule has 1 N–H and O–H groups in total. The highest BCUT2D eigenvalue weighted by Gasteiger charge is 2.30. The number of carbonyl (C=O) groups is 1. The largest absolute Gasteiger partial charge is 0.379 e. The van der Waals surface area contributed by atoms with Crippen LogP contribution in [0.25, 0.3) is 0 Å². The number of urea groups is 1. The summed E-state index contributed by atoms with van der Waals surface area (Å²) in [6.45, 7) is 11.2. The molecule has 2 atom stereocenters. The maximum absolute atomic E-state index is 12.6. The number of ether oxygens (including phenoxy) is 1. The zero-order chi connectivity index (χ0) is 17.6. The highest BCUT2D eigenvalue weighted by atomic mass is 16.5. The second kappa shape index (κ2) is 8.67. The number of amides is 2. The van der Waals surface area contributed by atoms with E-state index >= 15 is 0 Å². The molecule has 2 saturated heterocycles. The summed E-state index contributed by atoms with van der Waals surface area (Å²) in [5.74, 6) is 1.39. The molecule has 2 fully saturated rings. The van der Waals surface area contributed by atoms with Crippen LogP contribution in [0.5, 0.6) is 0 Å². The van der Waals surface area contributed by atoms with Gasteiger partial charge in [-0.15, -0.1) is 0 Å². The van der Waals surface area contributed by atoms with Crippen molar-refractivity contribution in [3.63, 3.8) is 0 Å². The van der Waals surface area contributed by atoms with Crippen molar-refractivity contribution in [2.45, 2.75) is 39.3 Å². The van der Waals surface area contributed by atoms with Crippen molar-refractivity contribution >= 4 is 6.03 Å². The molecule has 0 radical (unpaired) electrons. The zero-order valence-corrected chi connectivity index (χ0v) is 15.5. The Labute approximate surface area is 150 Å². The minimum atomic E-state index is 0.0879. The number of hydrogen-bond acceptors (Lipinski definition) is 4. The fourth-order valence-corrected chi connectivity index (χ4v) is 3.73. The Hall–Kier alpha value is -1.60. The van der Waals surface area contributed by atoms with E-state index in [1.54, 1.807) is 0 Å². The van der Waals surface area contributed by atoms with Crippen LogP contribution in [0.2, 0.25) is 0 Å². The second-order valence-corrected chi connectivity index (χ2v) is 7.32. The van der Waals surface area contributed by atoms with Gasteiger partial charge in [-0.1, -0.05) is 6.92 Å². The first-order valence-electron chi connectivity index (χ1n) is 9.46. The Morgan fingerprint density at radius 2 is 2.20 bits per heavy atom. The van der Waals surface area contributed by atoms with Crippen molar-refractivity contribution in [3.8, 4) is 0 Å². The van der Waals surface area contributed by atoms with E-state index in [9.17, 15) is 4.79 Å². The van der Waals surface area contributed by atoms with E-state index in [0.717, 1.165) is 64.6 Å². The number of aryl methyl sites for hydroxylation is 1. The Morgan fingerprint density at radius 1 is 1.40 bits per heavy atom. The van der Waals surface area contributed by atoms with E-state index in [-0.39, 0.29) is 6.03 Å². The quantitative estimate of drug-likeness (QED) is 0.842. The first-order valence-corrected chi connectivity index (χ1v) is 9.46. The lowest BCUT2D eigenvalue weighted by Crippen LogP contribution is -2.50. The van der Waals surface area contributed by atoms with Gasteiger partial charge in [0.1, 0.15) is 5.82 Å². The van der Waals surface area contributed by atoms with Crippen LogP contribution in [0.1, 0.15) is 25.6 Å². The topological polar surface area (TPSA) is 62.6 Å². The van der Waals surface area contributed by atoms with Crippen molar-refractivity contribution < 1.29 is 9.53 Å². The number of morpholine rings is 1. The predicted octanol–water partition coefficient (Wildman–Crippen LogP) is 1.33. The number of nitrogens with zero attached hydrogens (tertiary/aromatic N) is 4. The van der Waals surface area contributed by atoms with E-state index in [1.165, 1.54) is 0 Å². The van der Waals surface area contributed by atoms with Crippen molar-refractivity contribution in [1.29, 1.82) is 0 Å². The Kier molecular flexibility index (Phi) is 6.31. The van der Waals surface area contributed by atoms with E-state index in [0.29, 0.717) is 18.5 Å². The molecule has 2 aliphatic heterocycles. The number of carbonyl (C=O) groups excluding carboxylic acids is 1. The lowest BCUT2D eigenvalue weighted by molar-refractivity contribution is 0.0292. The van der Waals surface area contributed by atoms with Gasteiger partial charge >= 0.3 is 6.03 Å². The predicted molar refractivity (Wildman–Crippen MR) is 96.5 cm³/mol. The minimum Gasteiger partial charge on any atom is -0.379 e. The van der Waals surface area contributed by atoms with Crippen LogP contribution < -0.4 is 5.32 Å². The zero-order valence-electron chi connectivity index (χ0n) is 15.5. The molecule has 0 saturated carbocycles. The standard InChI is InChI=1S/C18H31N5O2/c1-15(13-22-7-5-19-16(22)2)12-20-18(24)23-6-3-4-17(23)14-21-8-10-25-11-9-21/h5,7,15,17H,3-4,6,8-14H2,1-2H3,(H,20,24)/t15?,17-/m0/s1. The summed E-state index contributed by atoms with van der Waals surface area (Å²) in [5.41, 5.74) is 0. The molecule has 0 bridgehead atoms. The average molecular weight is 349 g/mol. The molecule has 7 nitrogen and oxygen atoms in total. The number of likely N-dealkylation sites (tertiary alicyclic amines) is 1. The number of imidazole rings is 1. The Morgan fingerprint density at radius 3 is 2.92 bits per heavy atom. The lowest BCUT2D eigenvalue weighted by atomic mass is 10.2. The van der Waals surface area contributed by atoms with Crippen LogP contribution in [0.15, 0.2) is 12.4 Å². The van der Waals surface area contributed by atoms with Gasteiger partial charge in [0.2, 0.25) is 0 Å². The van der Waals surface area contributed by atoms with Gasteiger partial charge in [-0.2, -0.15) is 0 Å². The number of nitrogens with one attached hydrogen (secondary N) is 1. The summed E-state index contributed by atoms with van der Waals surface area (Å²) in [4.78, 5) is 21.3. The molecule has 1 aromatic heterocycles. The SMILES string of the molecule is Cc1nccn1CC(C)CNC(=O)N1CCC[C@H]1CN1CCOCC1. The van der Waals surface area contributed by atoms with Gasteiger partial charge < -0.3 is 19.5 Å². The average Bonchev–Trinajstić information content (AvgIpc) is 3.23. The summed E-state index contributed by atoms with van der Waals surface area (Å²) in [6.07, 6.45) is 6.02. The molecule has 0 aromatic carbocycles. The minimum absolute atomic E-state index is 0.0879. The fourth-order valence-electron chi connectivity index (χ4n) is 3.73. The molecular weight excluding hydrogens is 318 g/mol. The van der Waals surface area contributed by atoms with Gasteiger partial charge in [-0.3, -0.25) is 4.90 Å². The van der Waals surface area contributed by atoms with Crippen molar-refractivity contribution in [2.24, 2.45) is 5.92 Å². The summed E-state index contributed by atoms with van der Waals surface area (Å²) in [7, 11) is 0. The normalized spacial score (nSPS) is 23.0. The molecule has 1 aromatic rings. The van der Waals surface area contributed by atoms with Crippen molar-refractivity contribution in [3.05, 3.63) is 18.2 Å². The second-order valence-electron chi connectivity index (χ2n) is 7.32. The molecule has 2 amide bonds. The molecule has 7 heteroatoms. The fraction of sp³-hybridized carbons (Fsp3) is 0.778. The monoisotopic (exact) mass is 349 g/mol. The Balaban J connectivity index is 1.44. The van der Waals surface area contributed by atoms with Gasteiger partial charge in [-0.05, 0) is 25.7 Å². The summed E-state index contributed by atoms with van der Waals surface area (Å²) < 4.78 is 7.55. The van der Waals surface area contributed by atoms with Crippen LogP contribution in [-0.4, -0.2) is 77.4 Å². The molecule has 3 rings (SSSR count). The van der Waals surface area contributed by atoms with Crippen LogP contribution in [-0.2, 0) is 11.3 Å². The van der Waals surface area contributed by atoms with E-state index in [2.05, 4.69) is 26.7 Å². The maximum atomic E-state index is 12.6. The molecular formula is C18H31N5O2. The summed E-state index contributed by atoms with van der Waals surface area (Å²) >= 11 is 0. The van der Waals surface area contributed by atoms with Crippen molar-refractivity contribution in [2.75, 3.05) is 45.9 Å². The number of hydrogen-bond donors (Lipinski definition) is 1. The van der Waals surface area contributed by atoms with Crippen LogP contribution in [0.4, 0.5) is 4.79 Å². The van der Waals surface area contributed by atoms with Crippen LogP contribution in [0.3, 0.4) is 0 Å². The molecule has 0 spiro atoms. The first kappa shape index (κ1) is 18.2. The highest BCUT2D eigenvalue weighted by molar-refractivity contribution is 5.74. The van der Waals surface area contributed by atoms with Crippen LogP contribution >= 0.6 is 0 Å². The maximum Gasteiger partial charge on any atom is 0.317 e. The lowest BCUT2D eigenvalue weighted by Gasteiger charge is -2.33. The third-order valence-electron chi connectivity index (χ3n) is 5.24. The molecule has 25 heavy (non-hydrogen) atoms. The van der Waals surface area contributed by atoms with Gasteiger partial charge in [0.15, 0.2) is 0 Å². The number of rotatable bonds is 6. The van der Waals surface area contributed by atoms with Crippen molar-refractivity contribution in [1.82, 2.24) is 24.7 Å². The molecule has 0 aliphatic carbocycles. The molecule has 3 heterocycles. The van der Waals surface area contributed by atoms with Gasteiger partial charge in [-0.25, -0.2) is 9.78 Å². The van der Waals surface area contributed by atoms with Crippen LogP contribution in [0, 0.1) is 12.8 Å². The van der Waals surface area contributed by atoms with E-state index in [4.69, 9.17) is 4.74 Å². The highest BCUT2D eigenvalue weighted by Crippen LogP contribution is 2.19. The summed E-state index contributed by atoms with van der Waals surface area (Å²) in [5, 5.41) is 3.13. The third-order valence-corrected chi connectivity index (χ3v) is 5.24. The van der Waals surface area contributed by atoms with Gasteiger partial charge in [0, 0.05) is 57.7 Å². The molecule has 1 unspecified atom stereocenters. The smallest absolute Gasteiger partial charge is 0.317 e. The number of aromatic nitrogens is 2. The van der Waals surface area contributed by atoms with E-state index < -0.39 is 0 Å². The molecule has 140 valence electrons. The van der Waals surface area contributed by atoms with E-state index in [1.807, 2.05) is 24.2 Å². The Bertz CT molecular complexity index is 555. The van der Waals surface area contributed by atoms with Gasteiger partial charge in [0.25, 0.3) is 0 Å². The van der Waals surface area contributed by atoms with Gasteiger partial charge in [0.05, 0.1) is 13.2 Å². The molecule has 2 aliphatic rings. The first-order chi connectivity index (χ1) is 12.1. The third kappa shape index (κ3) is 4.95.